The van der Waals surface area contributed by atoms with Gasteiger partial charge in [-0.05, 0) is 112 Å². The standard InChI is InChI=1S/C38H55B2F9N4O6/c1-34-13-12-28-27-9-7-25(56-16-17-57-33(55)50-20-24-19-26(59-40-39)21-52(24)3)18-23(27)6-8-29(28)30(34)10-11-31(34)53(4)32(54)22-51(2)14-5-15-58-35(36(41,42)43,37(44,45)46)38(47,48)49/h7,9,18,24,26,28-31,40H,5-6,8,10-17,19-22,39H2,1-4H3,(H,50,55)/t24?,26?,28?,29?,30?,31-,34-/m0/s1. The number of ether oxygens (including phenoxy) is 3. The summed E-state index contributed by atoms with van der Waals surface area (Å²) in [4.78, 5) is 30.9. The number of rotatable bonds is 16. The molecular weight excluding hydrogens is 801 g/mol. The minimum Gasteiger partial charge on any atom is -0.490 e. The Morgan fingerprint density at radius 2 is 1.68 bits per heavy atom. The fraction of sp³-hybridized carbons (Fsp3) is 0.789. The number of carbonyl (C=O) groups is 2. The normalized spacial score (nSPS) is 27.5. The number of hydrogen-bond acceptors (Lipinski definition) is 8. The monoisotopic (exact) mass is 856 g/mol. The van der Waals surface area contributed by atoms with Gasteiger partial charge in [-0.15, -0.1) is 0 Å². The smallest absolute Gasteiger partial charge is 0.435 e. The Kier molecular flexibility index (Phi) is 14.9. The Labute approximate surface area is 340 Å². The molecule has 3 fully saturated rings. The lowest BCUT2D eigenvalue weighted by molar-refractivity contribution is -0.457. The van der Waals surface area contributed by atoms with Crippen molar-refractivity contribution in [3.63, 3.8) is 0 Å². The summed E-state index contributed by atoms with van der Waals surface area (Å²) >= 11 is 0. The van der Waals surface area contributed by atoms with Crippen LogP contribution in [0.25, 0.3) is 0 Å². The van der Waals surface area contributed by atoms with Crippen molar-refractivity contribution in [2.24, 2.45) is 17.3 Å². The highest BCUT2D eigenvalue weighted by molar-refractivity contribution is 6.85. The molecule has 7 atom stereocenters. The molecule has 5 unspecified atom stereocenters. The molecule has 21 heteroatoms. The van der Waals surface area contributed by atoms with Crippen LogP contribution < -0.4 is 10.1 Å². The maximum absolute atomic E-state index is 13.4. The van der Waals surface area contributed by atoms with E-state index in [1.54, 1.807) is 11.9 Å². The maximum Gasteiger partial charge on any atom is 0.435 e. The lowest BCUT2D eigenvalue weighted by atomic mass is 9.55. The van der Waals surface area contributed by atoms with Crippen molar-refractivity contribution in [1.82, 2.24) is 20.0 Å². The van der Waals surface area contributed by atoms with Crippen LogP contribution in [0.3, 0.4) is 0 Å². The van der Waals surface area contributed by atoms with Crippen LogP contribution in [0.5, 0.6) is 5.75 Å². The molecule has 1 heterocycles. The van der Waals surface area contributed by atoms with Crippen LogP contribution in [0.15, 0.2) is 18.2 Å². The lowest BCUT2D eigenvalue weighted by Gasteiger charge is -2.52. The summed E-state index contributed by atoms with van der Waals surface area (Å²) in [5, 5.41) is 2.83. The SMILES string of the molecule is BBOC1CC(CNC(=O)OCCOc2ccc3c(c2)CCC2C3CC[C@@]3(C)C2CC[C@@H]3N(C)C(=O)CN(C)CCCOC(C(F)(F)F)(C(F)(F)F)C(F)(F)F)N(C)C1. The van der Waals surface area contributed by atoms with E-state index in [0.717, 1.165) is 51.5 Å². The molecule has 1 aromatic rings. The number of nitrogens with one attached hydrogen (secondary N) is 1. The van der Waals surface area contributed by atoms with Gasteiger partial charge in [0, 0.05) is 45.4 Å². The van der Waals surface area contributed by atoms with Crippen molar-refractivity contribution >= 4 is 27.1 Å². The Morgan fingerprint density at radius 3 is 2.34 bits per heavy atom. The number of nitrogens with zero attached hydrogens (tertiary/aromatic N) is 3. The predicted octanol–water partition coefficient (Wildman–Crippen LogP) is 5.23. The van der Waals surface area contributed by atoms with Crippen LogP contribution in [-0.2, 0) is 25.3 Å². The van der Waals surface area contributed by atoms with Gasteiger partial charge in [0.05, 0.1) is 12.6 Å². The number of halogens is 9. The topological polar surface area (TPSA) is 92.8 Å². The quantitative estimate of drug-likeness (QED) is 0.138. The molecule has 1 N–H and O–H groups in total. The van der Waals surface area contributed by atoms with Gasteiger partial charge in [0.1, 0.15) is 26.7 Å². The van der Waals surface area contributed by atoms with Gasteiger partial charge in [-0.2, -0.15) is 39.5 Å². The Bertz CT molecular complexity index is 1570. The molecule has 2 saturated carbocycles. The largest absolute Gasteiger partial charge is 0.490 e. The average Bonchev–Trinajstić information content (AvgIpc) is 3.68. The first-order valence-electron chi connectivity index (χ1n) is 20.3. The molecule has 332 valence electrons. The Morgan fingerprint density at radius 1 is 0.983 bits per heavy atom. The van der Waals surface area contributed by atoms with Crippen LogP contribution >= 0.6 is 0 Å². The van der Waals surface area contributed by atoms with Gasteiger partial charge in [0.2, 0.25) is 13.3 Å². The van der Waals surface area contributed by atoms with E-state index in [1.807, 2.05) is 20.9 Å². The minimum absolute atomic E-state index is 0.0954. The number of likely N-dealkylation sites (tertiary alicyclic amines) is 1. The summed E-state index contributed by atoms with van der Waals surface area (Å²) in [6.45, 7) is 1.83. The Hall–Kier alpha value is -2.90. The summed E-state index contributed by atoms with van der Waals surface area (Å²) in [6.07, 6.45) is -15.1. The van der Waals surface area contributed by atoms with Crippen LogP contribution in [0.1, 0.15) is 68.9 Å². The molecule has 1 aromatic carbocycles. The number of aryl methyl sites for hydroxylation is 1. The third-order valence-corrected chi connectivity index (χ3v) is 13.2. The highest BCUT2D eigenvalue weighted by Gasteiger charge is 2.85. The van der Waals surface area contributed by atoms with Gasteiger partial charge in [0.15, 0.2) is 0 Å². The molecule has 4 aliphatic rings. The molecule has 0 aromatic heterocycles. The molecular formula is C38H55B2F9N4O6. The number of alkyl carbamates (subject to hydrolysis) is 1. The van der Waals surface area contributed by atoms with Gasteiger partial charge in [-0.25, -0.2) is 4.79 Å². The number of benzene rings is 1. The molecule has 2 amide bonds. The van der Waals surface area contributed by atoms with E-state index >= 15 is 0 Å². The summed E-state index contributed by atoms with van der Waals surface area (Å²) in [5.74, 6) is 1.50. The van der Waals surface area contributed by atoms with Crippen LogP contribution in [0, 0.1) is 17.3 Å². The average molecular weight is 856 g/mol. The predicted molar refractivity (Wildman–Crippen MR) is 203 cm³/mol. The second-order valence-corrected chi connectivity index (χ2v) is 16.8. The van der Waals surface area contributed by atoms with Gasteiger partial charge < -0.3 is 29.1 Å². The molecule has 3 aliphatic carbocycles. The van der Waals surface area contributed by atoms with E-state index in [1.165, 1.54) is 23.1 Å². The van der Waals surface area contributed by atoms with E-state index in [2.05, 4.69) is 34.0 Å². The lowest BCUT2D eigenvalue weighted by Crippen LogP contribution is -2.67. The zero-order valence-corrected chi connectivity index (χ0v) is 34.2. The van der Waals surface area contributed by atoms with E-state index < -0.39 is 43.3 Å². The molecule has 1 aliphatic heterocycles. The van der Waals surface area contributed by atoms with E-state index in [-0.39, 0.29) is 55.8 Å². The number of likely N-dealkylation sites (N-methyl/N-ethyl adjacent to an activating group) is 3. The Balaban J connectivity index is 1.07. The van der Waals surface area contributed by atoms with Crippen molar-refractivity contribution < 1.29 is 68.0 Å². The number of fused-ring (bicyclic) bond motifs is 5. The van der Waals surface area contributed by atoms with Gasteiger partial charge >= 0.3 is 30.2 Å². The fourth-order valence-corrected chi connectivity index (χ4v) is 10.3. The highest BCUT2D eigenvalue weighted by Crippen LogP contribution is 2.62. The zero-order valence-electron chi connectivity index (χ0n) is 34.2. The summed E-state index contributed by atoms with van der Waals surface area (Å²) in [7, 11) is 7.74. The van der Waals surface area contributed by atoms with Crippen molar-refractivity contribution in [3.05, 3.63) is 29.3 Å². The summed E-state index contributed by atoms with van der Waals surface area (Å²) in [6, 6.07) is 6.24. The van der Waals surface area contributed by atoms with Crippen LogP contribution in [0.2, 0.25) is 0 Å². The van der Waals surface area contributed by atoms with E-state index in [0.29, 0.717) is 37.4 Å². The van der Waals surface area contributed by atoms with Gasteiger partial charge in [0.25, 0.3) is 0 Å². The second kappa shape index (κ2) is 18.6. The fourth-order valence-electron chi connectivity index (χ4n) is 10.3. The van der Waals surface area contributed by atoms with E-state index in [9.17, 15) is 49.1 Å². The molecule has 1 saturated heterocycles. The molecule has 0 radical (unpaired) electrons. The number of alkyl halides is 9. The highest BCUT2D eigenvalue weighted by atomic mass is 19.4. The molecule has 0 bridgehead atoms. The first kappa shape index (κ1) is 47.2. The van der Waals surface area contributed by atoms with Gasteiger partial charge in [-0.1, -0.05) is 13.0 Å². The molecule has 0 spiro atoms. The summed E-state index contributed by atoms with van der Waals surface area (Å²) in [5.41, 5.74) is -3.97. The van der Waals surface area contributed by atoms with Crippen molar-refractivity contribution in [2.45, 2.75) is 107 Å². The number of hydrogen-bond donors (Lipinski definition) is 1. The zero-order chi connectivity index (χ0) is 43.6. The van der Waals surface area contributed by atoms with Crippen molar-refractivity contribution in [3.8, 4) is 5.75 Å². The van der Waals surface area contributed by atoms with E-state index in [4.69, 9.17) is 14.1 Å². The first-order chi connectivity index (χ1) is 27.5. The molecule has 10 nitrogen and oxygen atoms in total. The maximum atomic E-state index is 13.4. The molecule has 59 heavy (non-hydrogen) atoms. The third kappa shape index (κ3) is 10.1. The first-order valence-corrected chi connectivity index (χ1v) is 20.3. The van der Waals surface area contributed by atoms with Crippen LogP contribution in [0.4, 0.5) is 44.3 Å². The van der Waals surface area contributed by atoms with Gasteiger partial charge in [-0.3, -0.25) is 14.6 Å². The number of carbonyl (C=O) groups excluding carboxylic acids is 2. The third-order valence-electron chi connectivity index (χ3n) is 13.2. The van der Waals surface area contributed by atoms with Crippen molar-refractivity contribution in [2.75, 3.05) is 67.1 Å². The second-order valence-electron chi connectivity index (χ2n) is 16.8. The number of amides is 2. The minimum atomic E-state index is -6.79. The molecule has 5 rings (SSSR count). The van der Waals surface area contributed by atoms with Crippen LogP contribution in [-0.4, -0.2) is 151 Å². The summed E-state index contributed by atoms with van der Waals surface area (Å²) < 4.78 is 139. The van der Waals surface area contributed by atoms with Crippen molar-refractivity contribution in [1.29, 1.82) is 0 Å².